The van der Waals surface area contributed by atoms with Gasteiger partial charge in [-0.2, -0.15) is 0 Å². The molecule has 0 aliphatic carbocycles. The zero-order chi connectivity index (χ0) is 17.1. The van der Waals surface area contributed by atoms with Crippen molar-refractivity contribution in [1.82, 2.24) is 4.57 Å². The first kappa shape index (κ1) is 15.2. The molecule has 0 bridgehead atoms. The van der Waals surface area contributed by atoms with E-state index in [2.05, 4.69) is 11.4 Å². The predicted octanol–water partition coefficient (Wildman–Crippen LogP) is 4.81. The molecule has 1 amide bonds. The second-order valence-electron chi connectivity index (χ2n) is 6.04. The third-order valence-corrected chi connectivity index (χ3v) is 4.24. The number of hydrogen-bond acceptors (Lipinski definition) is 1. The van der Waals surface area contributed by atoms with Gasteiger partial charge in [0.1, 0.15) is 0 Å². The summed E-state index contributed by atoms with van der Waals surface area (Å²) in [5.74, 6) is -0.0102. The number of nitrogens with zero attached hydrogens (tertiary/aromatic N) is 1. The minimum atomic E-state index is -0.0102. The number of amides is 1. The number of benzene rings is 3. The van der Waals surface area contributed by atoms with Crippen LogP contribution in [0.25, 0.3) is 16.5 Å². The molecule has 3 aromatic carbocycles. The van der Waals surface area contributed by atoms with Crippen LogP contribution in [-0.4, -0.2) is 10.5 Å². The van der Waals surface area contributed by atoms with Crippen molar-refractivity contribution in [3.8, 4) is 5.69 Å². The molecule has 0 saturated carbocycles. The van der Waals surface area contributed by atoms with E-state index in [0.717, 1.165) is 22.3 Å². The van der Waals surface area contributed by atoms with Crippen LogP contribution >= 0.6 is 0 Å². The van der Waals surface area contributed by atoms with E-state index in [-0.39, 0.29) is 5.91 Å². The lowest BCUT2D eigenvalue weighted by atomic mass is 10.1. The zero-order valence-electron chi connectivity index (χ0n) is 13.7. The molecule has 0 spiro atoms. The Labute approximate surface area is 146 Å². The van der Waals surface area contributed by atoms with Gasteiger partial charge in [-0.15, -0.1) is 0 Å². The van der Waals surface area contributed by atoms with Gasteiger partial charge >= 0.3 is 0 Å². The maximum atomic E-state index is 12.3. The molecular weight excluding hydrogens is 308 g/mol. The Morgan fingerprint density at radius 2 is 1.52 bits per heavy atom. The van der Waals surface area contributed by atoms with Crippen molar-refractivity contribution in [1.29, 1.82) is 0 Å². The molecule has 0 unspecified atom stereocenters. The molecule has 3 heteroatoms. The van der Waals surface area contributed by atoms with Gasteiger partial charge in [-0.25, -0.2) is 0 Å². The lowest BCUT2D eigenvalue weighted by Gasteiger charge is -2.08. The molecule has 0 aliphatic rings. The van der Waals surface area contributed by atoms with Gasteiger partial charge in [-0.3, -0.25) is 4.79 Å². The highest BCUT2D eigenvalue weighted by atomic mass is 16.1. The third-order valence-electron chi connectivity index (χ3n) is 4.24. The Hall–Kier alpha value is -3.33. The second kappa shape index (κ2) is 6.65. The fourth-order valence-corrected chi connectivity index (χ4v) is 2.95. The van der Waals surface area contributed by atoms with Gasteiger partial charge in [0.05, 0.1) is 6.42 Å². The monoisotopic (exact) mass is 326 g/mol. The SMILES string of the molecule is O=C(Cc1ccc(-n2cccc2)cc1)Nc1ccc2ccccc2c1. The summed E-state index contributed by atoms with van der Waals surface area (Å²) >= 11 is 0. The molecule has 1 N–H and O–H groups in total. The molecule has 0 aliphatic heterocycles. The molecule has 1 heterocycles. The molecule has 0 fully saturated rings. The first-order valence-electron chi connectivity index (χ1n) is 8.29. The number of hydrogen-bond donors (Lipinski definition) is 1. The van der Waals surface area contributed by atoms with Gasteiger partial charge in [-0.05, 0) is 52.7 Å². The maximum Gasteiger partial charge on any atom is 0.228 e. The Kier molecular flexibility index (Phi) is 4.05. The molecule has 122 valence electrons. The Morgan fingerprint density at radius 1 is 0.800 bits per heavy atom. The Morgan fingerprint density at radius 3 is 2.28 bits per heavy atom. The van der Waals surface area contributed by atoms with Crippen LogP contribution in [0.15, 0.2) is 91.3 Å². The van der Waals surface area contributed by atoms with Crippen molar-refractivity contribution in [3.63, 3.8) is 0 Å². The van der Waals surface area contributed by atoms with E-state index < -0.39 is 0 Å². The average molecular weight is 326 g/mol. The van der Waals surface area contributed by atoms with Crippen LogP contribution in [0.1, 0.15) is 5.56 Å². The summed E-state index contributed by atoms with van der Waals surface area (Å²) in [6.07, 6.45) is 4.36. The highest BCUT2D eigenvalue weighted by Gasteiger charge is 2.05. The van der Waals surface area contributed by atoms with Gasteiger partial charge in [0.2, 0.25) is 5.91 Å². The highest BCUT2D eigenvalue weighted by Crippen LogP contribution is 2.19. The molecule has 3 nitrogen and oxygen atoms in total. The molecule has 25 heavy (non-hydrogen) atoms. The molecule has 4 aromatic rings. The summed E-state index contributed by atoms with van der Waals surface area (Å²) in [6.45, 7) is 0. The Bertz CT molecular complexity index is 1000. The minimum Gasteiger partial charge on any atom is -0.326 e. The van der Waals surface area contributed by atoms with Crippen LogP contribution in [0, 0.1) is 0 Å². The molecule has 1 aromatic heterocycles. The van der Waals surface area contributed by atoms with Crippen molar-refractivity contribution in [2.24, 2.45) is 0 Å². The van der Waals surface area contributed by atoms with Crippen molar-refractivity contribution in [2.75, 3.05) is 5.32 Å². The number of aromatic nitrogens is 1. The minimum absolute atomic E-state index is 0.0102. The van der Waals surface area contributed by atoms with Gasteiger partial charge in [0.25, 0.3) is 0 Å². The molecular formula is C22H18N2O. The molecule has 4 rings (SSSR count). The van der Waals surface area contributed by atoms with Crippen molar-refractivity contribution in [3.05, 3.63) is 96.8 Å². The molecule has 0 atom stereocenters. The van der Waals surface area contributed by atoms with Crippen LogP contribution < -0.4 is 5.32 Å². The van der Waals surface area contributed by atoms with Crippen molar-refractivity contribution in [2.45, 2.75) is 6.42 Å². The first-order valence-corrected chi connectivity index (χ1v) is 8.29. The summed E-state index contributed by atoms with van der Waals surface area (Å²) in [7, 11) is 0. The van der Waals surface area contributed by atoms with Crippen molar-refractivity contribution >= 4 is 22.4 Å². The average Bonchev–Trinajstić information content (AvgIpc) is 3.17. The van der Waals surface area contributed by atoms with Crippen LogP contribution in [0.5, 0.6) is 0 Å². The summed E-state index contributed by atoms with van der Waals surface area (Å²) in [6, 6.07) is 26.1. The number of nitrogens with one attached hydrogen (secondary N) is 1. The van der Waals surface area contributed by atoms with E-state index >= 15 is 0 Å². The van der Waals surface area contributed by atoms with E-state index in [9.17, 15) is 4.79 Å². The summed E-state index contributed by atoms with van der Waals surface area (Å²) < 4.78 is 2.04. The fourth-order valence-electron chi connectivity index (χ4n) is 2.95. The van der Waals surface area contributed by atoms with E-state index in [1.165, 1.54) is 5.39 Å². The second-order valence-corrected chi connectivity index (χ2v) is 6.04. The van der Waals surface area contributed by atoms with Gasteiger partial charge in [0, 0.05) is 23.8 Å². The quantitative estimate of drug-likeness (QED) is 0.573. The summed E-state index contributed by atoms with van der Waals surface area (Å²) in [5.41, 5.74) is 2.91. The smallest absolute Gasteiger partial charge is 0.228 e. The lowest BCUT2D eigenvalue weighted by molar-refractivity contribution is -0.115. The van der Waals surface area contributed by atoms with Gasteiger partial charge in [0.15, 0.2) is 0 Å². The summed E-state index contributed by atoms with van der Waals surface area (Å²) in [5, 5.41) is 5.27. The predicted molar refractivity (Wildman–Crippen MR) is 102 cm³/mol. The number of carbonyl (C=O) groups is 1. The third kappa shape index (κ3) is 3.45. The van der Waals surface area contributed by atoms with Gasteiger partial charge < -0.3 is 9.88 Å². The van der Waals surface area contributed by atoms with E-state index in [1.54, 1.807) is 0 Å². The van der Waals surface area contributed by atoms with E-state index in [0.29, 0.717) is 6.42 Å². The first-order chi connectivity index (χ1) is 12.3. The summed E-state index contributed by atoms with van der Waals surface area (Å²) in [4.78, 5) is 12.3. The van der Waals surface area contributed by atoms with Crippen LogP contribution in [0.2, 0.25) is 0 Å². The standard InChI is InChI=1S/C22H18N2O/c25-22(23-20-10-9-18-5-1-2-6-19(18)16-20)15-17-7-11-21(12-8-17)24-13-3-4-14-24/h1-14,16H,15H2,(H,23,25). The van der Waals surface area contributed by atoms with Gasteiger partial charge in [-0.1, -0.05) is 42.5 Å². The van der Waals surface area contributed by atoms with Crippen molar-refractivity contribution < 1.29 is 4.79 Å². The highest BCUT2D eigenvalue weighted by molar-refractivity contribution is 5.95. The number of carbonyl (C=O) groups excluding carboxylic acids is 1. The number of anilines is 1. The topological polar surface area (TPSA) is 34.0 Å². The van der Waals surface area contributed by atoms with Crippen LogP contribution in [0.3, 0.4) is 0 Å². The van der Waals surface area contributed by atoms with E-state index in [1.807, 2.05) is 89.8 Å². The Balaban J connectivity index is 1.44. The van der Waals surface area contributed by atoms with E-state index in [4.69, 9.17) is 0 Å². The number of fused-ring (bicyclic) bond motifs is 1. The normalized spacial score (nSPS) is 10.7. The lowest BCUT2D eigenvalue weighted by Crippen LogP contribution is -2.14. The zero-order valence-corrected chi connectivity index (χ0v) is 13.7. The van der Waals surface area contributed by atoms with Crippen LogP contribution in [-0.2, 0) is 11.2 Å². The number of rotatable bonds is 4. The van der Waals surface area contributed by atoms with Crippen LogP contribution in [0.4, 0.5) is 5.69 Å². The molecule has 0 saturated heterocycles. The fraction of sp³-hybridized carbons (Fsp3) is 0.0455. The maximum absolute atomic E-state index is 12.3. The largest absolute Gasteiger partial charge is 0.326 e. The molecule has 0 radical (unpaired) electrons.